The molecule has 17 heavy (non-hydrogen) atoms. The molecule has 1 heterocycles. The topological polar surface area (TPSA) is 53.4 Å². The molecule has 0 amide bonds. The van der Waals surface area contributed by atoms with E-state index in [9.17, 15) is 10.2 Å². The molecule has 1 atom stereocenters. The molecule has 1 saturated carbocycles. The molecule has 0 saturated heterocycles. The Morgan fingerprint density at radius 1 is 1.35 bits per heavy atom. The lowest BCUT2D eigenvalue weighted by Gasteiger charge is -2.31. The van der Waals surface area contributed by atoms with Crippen molar-refractivity contribution in [1.82, 2.24) is 4.98 Å². The van der Waals surface area contributed by atoms with Crippen molar-refractivity contribution in [2.45, 2.75) is 63.6 Å². The molecule has 1 aliphatic carbocycles. The largest absolute Gasteiger partial charge is 0.390 e. The highest BCUT2D eigenvalue weighted by Gasteiger charge is 2.36. The third kappa shape index (κ3) is 3.27. The number of hydrogen-bond acceptors (Lipinski definition) is 4. The van der Waals surface area contributed by atoms with Crippen molar-refractivity contribution >= 4 is 11.3 Å². The third-order valence-corrected chi connectivity index (χ3v) is 4.61. The predicted octanol–water partition coefficient (Wildman–Crippen LogP) is 2.44. The molecule has 1 aliphatic rings. The SMILES string of the molecule is Cc1csc(CC(O)C2(O)CCCCCC2)n1. The zero-order valence-electron chi connectivity index (χ0n) is 10.4. The quantitative estimate of drug-likeness (QED) is 0.816. The van der Waals surface area contributed by atoms with Gasteiger partial charge in [0.2, 0.25) is 0 Å². The summed E-state index contributed by atoms with van der Waals surface area (Å²) < 4.78 is 0. The van der Waals surface area contributed by atoms with E-state index in [2.05, 4.69) is 4.98 Å². The lowest BCUT2D eigenvalue weighted by Crippen LogP contribution is -2.43. The highest BCUT2D eigenvalue weighted by Crippen LogP contribution is 2.31. The molecule has 3 nitrogen and oxygen atoms in total. The zero-order valence-corrected chi connectivity index (χ0v) is 11.2. The summed E-state index contributed by atoms with van der Waals surface area (Å²) in [4.78, 5) is 4.35. The molecule has 2 N–H and O–H groups in total. The van der Waals surface area contributed by atoms with Gasteiger partial charge in [-0.2, -0.15) is 0 Å². The predicted molar refractivity (Wildman–Crippen MR) is 69.2 cm³/mol. The Bertz CT molecular complexity index is 356. The van der Waals surface area contributed by atoms with Gasteiger partial charge in [0.1, 0.15) is 0 Å². The van der Waals surface area contributed by atoms with Crippen LogP contribution in [0.5, 0.6) is 0 Å². The van der Waals surface area contributed by atoms with Crippen LogP contribution in [0.1, 0.15) is 49.2 Å². The van der Waals surface area contributed by atoms with Crippen molar-refractivity contribution in [3.8, 4) is 0 Å². The Morgan fingerprint density at radius 3 is 2.53 bits per heavy atom. The molecule has 0 aliphatic heterocycles. The second-order valence-corrected chi connectivity index (χ2v) is 6.06. The van der Waals surface area contributed by atoms with Gasteiger partial charge in [0.15, 0.2) is 0 Å². The molecule has 1 fully saturated rings. The summed E-state index contributed by atoms with van der Waals surface area (Å²) in [6, 6.07) is 0. The first-order valence-corrected chi connectivity index (χ1v) is 7.29. The summed E-state index contributed by atoms with van der Waals surface area (Å²) in [6.07, 6.45) is 5.63. The normalized spacial score (nSPS) is 22.1. The number of aliphatic hydroxyl groups excluding tert-OH is 1. The molecule has 96 valence electrons. The van der Waals surface area contributed by atoms with Crippen molar-refractivity contribution in [1.29, 1.82) is 0 Å². The number of aryl methyl sites for hydroxylation is 1. The van der Waals surface area contributed by atoms with E-state index < -0.39 is 11.7 Å². The van der Waals surface area contributed by atoms with Crippen LogP contribution >= 0.6 is 11.3 Å². The Morgan fingerprint density at radius 2 is 2.00 bits per heavy atom. The number of aliphatic hydroxyl groups is 2. The van der Waals surface area contributed by atoms with Crippen LogP contribution in [0.25, 0.3) is 0 Å². The molecule has 1 unspecified atom stereocenters. The van der Waals surface area contributed by atoms with Gasteiger partial charge in [-0.05, 0) is 19.8 Å². The molecule has 0 aromatic carbocycles. The van der Waals surface area contributed by atoms with Gasteiger partial charge in [-0.15, -0.1) is 11.3 Å². The Hall–Kier alpha value is -0.450. The van der Waals surface area contributed by atoms with Crippen LogP contribution in [0, 0.1) is 6.92 Å². The fourth-order valence-corrected chi connectivity index (χ4v) is 3.34. The van der Waals surface area contributed by atoms with E-state index in [1.807, 2.05) is 12.3 Å². The van der Waals surface area contributed by atoms with Gasteiger partial charge < -0.3 is 10.2 Å². The molecular formula is C13H21NO2S. The molecular weight excluding hydrogens is 234 g/mol. The van der Waals surface area contributed by atoms with Crippen LogP contribution in [-0.2, 0) is 6.42 Å². The fraction of sp³-hybridized carbons (Fsp3) is 0.769. The lowest BCUT2D eigenvalue weighted by atomic mass is 9.87. The van der Waals surface area contributed by atoms with Gasteiger partial charge >= 0.3 is 0 Å². The van der Waals surface area contributed by atoms with Crippen LogP contribution in [0.3, 0.4) is 0 Å². The van der Waals surface area contributed by atoms with Crippen molar-refractivity contribution < 1.29 is 10.2 Å². The summed E-state index contributed by atoms with van der Waals surface area (Å²) in [7, 11) is 0. The fourth-order valence-electron chi connectivity index (χ4n) is 2.53. The summed E-state index contributed by atoms with van der Waals surface area (Å²) in [6.45, 7) is 1.95. The van der Waals surface area contributed by atoms with Gasteiger partial charge in [-0.1, -0.05) is 25.7 Å². The van der Waals surface area contributed by atoms with Crippen molar-refractivity contribution in [3.63, 3.8) is 0 Å². The summed E-state index contributed by atoms with van der Waals surface area (Å²) in [5.41, 5.74) is 0.0980. The summed E-state index contributed by atoms with van der Waals surface area (Å²) in [5.74, 6) is 0. The number of hydrogen-bond donors (Lipinski definition) is 2. The van der Waals surface area contributed by atoms with Crippen LogP contribution in [0.15, 0.2) is 5.38 Å². The second-order valence-electron chi connectivity index (χ2n) is 5.12. The maximum atomic E-state index is 10.5. The Kier molecular flexibility index (Phi) is 4.17. The molecule has 0 spiro atoms. The minimum atomic E-state index is -0.893. The van der Waals surface area contributed by atoms with E-state index in [0.29, 0.717) is 6.42 Å². The molecule has 0 radical (unpaired) electrons. The summed E-state index contributed by atoms with van der Waals surface area (Å²) in [5, 5.41) is 23.7. The van der Waals surface area contributed by atoms with E-state index in [-0.39, 0.29) is 0 Å². The third-order valence-electron chi connectivity index (χ3n) is 3.62. The first-order valence-electron chi connectivity index (χ1n) is 6.42. The minimum absolute atomic E-state index is 0.481. The number of nitrogens with zero attached hydrogens (tertiary/aromatic N) is 1. The van der Waals surface area contributed by atoms with E-state index in [1.54, 1.807) is 11.3 Å². The van der Waals surface area contributed by atoms with E-state index in [0.717, 1.165) is 36.4 Å². The van der Waals surface area contributed by atoms with Gasteiger partial charge in [0, 0.05) is 17.5 Å². The first kappa shape index (κ1) is 13.0. The van der Waals surface area contributed by atoms with Crippen LogP contribution < -0.4 is 0 Å². The van der Waals surface area contributed by atoms with Crippen LogP contribution in [-0.4, -0.2) is 26.9 Å². The minimum Gasteiger partial charge on any atom is -0.390 e. The molecule has 4 heteroatoms. The number of thiazole rings is 1. The number of rotatable bonds is 3. The standard InChI is InChI=1S/C13H21NO2S/c1-10-9-17-12(14-10)8-11(15)13(16)6-4-2-3-5-7-13/h9,11,15-16H,2-8H2,1H3. The average Bonchev–Trinajstić information content (AvgIpc) is 2.56. The van der Waals surface area contributed by atoms with Gasteiger partial charge in [-0.3, -0.25) is 0 Å². The van der Waals surface area contributed by atoms with E-state index in [4.69, 9.17) is 0 Å². The van der Waals surface area contributed by atoms with Crippen molar-refractivity contribution in [2.75, 3.05) is 0 Å². The van der Waals surface area contributed by atoms with Crippen LogP contribution in [0.4, 0.5) is 0 Å². The Labute approximate surface area is 107 Å². The molecule has 1 aromatic heterocycles. The van der Waals surface area contributed by atoms with Crippen molar-refractivity contribution in [3.05, 3.63) is 16.1 Å². The van der Waals surface area contributed by atoms with Gasteiger partial charge in [-0.25, -0.2) is 4.98 Å². The molecule has 0 bridgehead atoms. The highest BCUT2D eigenvalue weighted by molar-refractivity contribution is 7.09. The monoisotopic (exact) mass is 255 g/mol. The Balaban J connectivity index is 2.00. The maximum Gasteiger partial charge on any atom is 0.0955 e. The van der Waals surface area contributed by atoms with Crippen molar-refractivity contribution in [2.24, 2.45) is 0 Å². The van der Waals surface area contributed by atoms with Crippen LogP contribution in [0.2, 0.25) is 0 Å². The molecule has 1 aromatic rings. The van der Waals surface area contributed by atoms with E-state index >= 15 is 0 Å². The maximum absolute atomic E-state index is 10.5. The molecule has 2 rings (SSSR count). The van der Waals surface area contributed by atoms with E-state index in [1.165, 1.54) is 12.8 Å². The van der Waals surface area contributed by atoms with Gasteiger partial charge in [0.25, 0.3) is 0 Å². The highest BCUT2D eigenvalue weighted by atomic mass is 32.1. The lowest BCUT2D eigenvalue weighted by molar-refractivity contribution is -0.0836. The first-order chi connectivity index (χ1) is 8.10. The smallest absolute Gasteiger partial charge is 0.0955 e. The average molecular weight is 255 g/mol. The second kappa shape index (κ2) is 5.46. The summed E-state index contributed by atoms with van der Waals surface area (Å²) >= 11 is 1.56. The zero-order chi connectivity index (χ0) is 12.3. The number of aromatic nitrogens is 1. The van der Waals surface area contributed by atoms with Gasteiger partial charge in [0.05, 0.1) is 16.7 Å².